The largest absolute Gasteiger partial charge is 0.444 e. The lowest BCUT2D eigenvalue weighted by atomic mass is 10.0. The van der Waals surface area contributed by atoms with Gasteiger partial charge in [-0.2, -0.15) is 0 Å². The van der Waals surface area contributed by atoms with Crippen molar-refractivity contribution in [3.8, 4) is 0 Å². The zero-order chi connectivity index (χ0) is 14.3. The van der Waals surface area contributed by atoms with Crippen LogP contribution in [0.5, 0.6) is 0 Å². The molecule has 5 nitrogen and oxygen atoms in total. The SMILES string of the molecule is C=CC[C@@H](O)C[C@H](O)[C@H](C)NC(=O)OC(C)(C)C. The van der Waals surface area contributed by atoms with Crippen molar-refractivity contribution in [2.24, 2.45) is 0 Å². The minimum atomic E-state index is -0.826. The molecule has 3 N–H and O–H groups in total. The third-order valence-electron chi connectivity index (χ3n) is 2.27. The first-order valence-corrected chi connectivity index (χ1v) is 6.12. The predicted octanol–water partition coefficient (Wildman–Crippen LogP) is 1.59. The van der Waals surface area contributed by atoms with Gasteiger partial charge in [-0.05, 0) is 34.1 Å². The molecule has 0 rings (SSSR count). The lowest BCUT2D eigenvalue weighted by Crippen LogP contribution is -2.44. The van der Waals surface area contributed by atoms with Crippen LogP contribution >= 0.6 is 0 Å². The van der Waals surface area contributed by atoms with E-state index in [4.69, 9.17) is 4.74 Å². The van der Waals surface area contributed by atoms with Crippen LogP contribution in [-0.4, -0.2) is 40.2 Å². The van der Waals surface area contributed by atoms with Gasteiger partial charge in [-0.15, -0.1) is 6.58 Å². The van der Waals surface area contributed by atoms with Gasteiger partial charge >= 0.3 is 6.09 Å². The molecule has 0 aromatic carbocycles. The van der Waals surface area contributed by atoms with Crippen LogP contribution in [0.15, 0.2) is 12.7 Å². The molecule has 0 aliphatic heterocycles. The molecule has 3 atom stereocenters. The highest BCUT2D eigenvalue weighted by Crippen LogP contribution is 2.09. The van der Waals surface area contributed by atoms with E-state index in [0.29, 0.717) is 6.42 Å². The molecule has 0 radical (unpaired) electrons. The molecule has 0 aromatic heterocycles. The fourth-order valence-corrected chi connectivity index (χ4v) is 1.36. The number of hydrogen-bond acceptors (Lipinski definition) is 4. The molecule has 106 valence electrons. The summed E-state index contributed by atoms with van der Waals surface area (Å²) in [5, 5.41) is 21.8. The fraction of sp³-hybridized carbons (Fsp3) is 0.769. The van der Waals surface area contributed by atoms with Crippen molar-refractivity contribution >= 4 is 6.09 Å². The van der Waals surface area contributed by atoms with Gasteiger partial charge in [0.05, 0.1) is 18.2 Å². The number of rotatable bonds is 6. The van der Waals surface area contributed by atoms with E-state index in [-0.39, 0.29) is 6.42 Å². The Hall–Kier alpha value is -1.07. The van der Waals surface area contributed by atoms with Crippen molar-refractivity contribution in [2.45, 2.75) is 64.4 Å². The number of aliphatic hydroxyl groups excluding tert-OH is 2. The van der Waals surface area contributed by atoms with Crippen LogP contribution in [0.4, 0.5) is 4.79 Å². The summed E-state index contributed by atoms with van der Waals surface area (Å²) in [5.74, 6) is 0. The molecule has 18 heavy (non-hydrogen) atoms. The van der Waals surface area contributed by atoms with Crippen molar-refractivity contribution in [1.82, 2.24) is 5.32 Å². The summed E-state index contributed by atoms with van der Waals surface area (Å²) in [6.45, 7) is 10.5. The minimum absolute atomic E-state index is 0.184. The molecule has 0 saturated heterocycles. The summed E-state index contributed by atoms with van der Waals surface area (Å²) in [6.07, 6.45) is 0.128. The number of amides is 1. The van der Waals surface area contributed by atoms with E-state index >= 15 is 0 Å². The number of nitrogens with one attached hydrogen (secondary N) is 1. The number of carbonyl (C=O) groups excluding carboxylic acids is 1. The second-order valence-electron chi connectivity index (χ2n) is 5.42. The van der Waals surface area contributed by atoms with Crippen LogP contribution in [0.3, 0.4) is 0 Å². The number of ether oxygens (including phenoxy) is 1. The van der Waals surface area contributed by atoms with Crippen molar-refractivity contribution in [1.29, 1.82) is 0 Å². The van der Waals surface area contributed by atoms with Crippen LogP contribution in [0, 0.1) is 0 Å². The highest BCUT2D eigenvalue weighted by molar-refractivity contribution is 5.68. The van der Waals surface area contributed by atoms with Gasteiger partial charge in [-0.25, -0.2) is 4.79 Å². The van der Waals surface area contributed by atoms with Crippen molar-refractivity contribution in [3.05, 3.63) is 12.7 Å². The van der Waals surface area contributed by atoms with Crippen LogP contribution < -0.4 is 5.32 Å². The molecular weight excluding hydrogens is 234 g/mol. The van der Waals surface area contributed by atoms with Crippen LogP contribution in [0.25, 0.3) is 0 Å². The van der Waals surface area contributed by atoms with Crippen LogP contribution in [-0.2, 0) is 4.74 Å². The first kappa shape index (κ1) is 16.9. The van der Waals surface area contributed by atoms with Gasteiger partial charge in [0.15, 0.2) is 0 Å². The van der Waals surface area contributed by atoms with E-state index in [2.05, 4.69) is 11.9 Å². The zero-order valence-corrected chi connectivity index (χ0v) is 11.6. The second-order valence-corrected chi connectivity index (χ2v) is 5.42. The Morgan fingerprint density at radius 2 is 2.00 bits per heavy atom. The van der Waals surface area contributed by atoms with Gasteiger partial charge in [0.1, 0.15) is 5.60 Å². The van der Waals surface area contributed by atoms with Gasteiger partial charge in [0.2, 0.25) is 0 Å². The smallest absolute Gasteiger partial charge is 0.407 e. The normalized spacial score (nSPS) is 16.6. The fourth-order valence-electron chi connectivity index (χ4n) is 1.36. The lowest BCUT2D eigenvalue weighted by molar-refractivity contribution is 0.0338. The monoisotopic (exact) mass is 259 g/mol. The third-order valence-corrected chi connectivity index (χ3v) is 2.27. The van der Waals surface area contributed by atoms with E-state index in [0.717, 1.165) is 0 Å². The van der Waals surface area contributed by atoms with E-state index in [1.54, 1.807) is 33.8 Å². The summed E-state index contributed by atoms with van der Waals surface area (Å²) in [7, 11) is 0. The molecule has 0 aromatic rings. The molecule has 0 aliphatic carbocycles. The Labute approximate surface area is 109 Å². The zero-order valence-electron chi connectivity index (χ0n) is 11.6. The Kier molecular flexibility index (Phi) is 6.94. The van der Waals surface area contributed by atoms with Crippen LogP contribution in [0.1, 0.15) is 40.5 Å². The quantitative estimate of drug-likeness (QED) is 0.633. The minimum Gasteiger partial charge on any atom is -0.444 e. The van der Waals surface area contributed by atoms with Crippen LogP contribution in [0.2, 0.25) is 0 Å². The van der Waals surface area contributed by atoms with Gasteiger partial charge in [-0.1, -0.05) is 6.08 Å². The highest BCUT2D eigenvalue weighted by Gasteiger charge is 2.22. The molecule has 0 heterocycles. The maximum absolute atomic E-state index is 11.5. The van der Waals surface area contributed by atoms with Crippen molar-refractivity contribution in [3.63, 3.8) is 0 Å². The molecule has 0 aliphatic rings. The van der Waals surface area contributed by atoms with E-state index in [1.165, 1.54) is 0 Å². The third kappa shape index (κ3) is 8.08. The van der Waals surface area contributed by atoms with E-state index < -0.39 is 29.9 Å². The Morgan fingerprint density at radius 1 is 1.44 bits per heavy atom. The van der Waals surface area contributed by atoms with Gasteiger partial charge in [0, 0.05) is 6.42 Å². The lowest BCUT2D eigenvalue weighted by Gasteiger charge is -2.25. The average molecular weight is 259 g/mol. The van der Waals surface area contributed by atoms with Crippen molar-refractivity contribution < 1.29 is 19.7 Å². The first-order chi connectivity index (χ1) is 8.15. The summed E-state index contributed by atoms with van der Waals surface area (Å²) < 4.78 is 5.07. The standard InChI is InChI=1S/C13H25NO4/c1-6-7-10(15)8-11(16)9(2)14-12(17)18-13(3,4)5/h6,9-11,15-16H,1,7-8H2,2-5H3,(H,14,17)/t9-,10+,11-/m0/s1. The number of hydrogen-bond donors (Lipinski definition) is 3. The van der Waals surface area contributed by atoms with E-state index in [1.807, 2.05) is 0 Å². The molecule has 5 heteroatoms. The molecule has 0 bridgehead atoms. The summed E-state index contributed by atoms with van der Waals surface area (Å²) in [5.41, 5.74) is -0.572. The molecule has 1 amide bonds. The number of alkyl carbamates (subject to hydrolysis) is 1. The Balaban J connectivity index is 4.11. The van der Waals surface area contributed by atoms with Gasteiger partial charge in [-0.3, -0.25) is 0 Å². The average Bonchev–Trinajstić information content (AvgIpc) is 2.14. The predicted molar refractivity (Wildman–Crippen MR) is 70.3 cm³/mol. The van der Waals surface area contributed by atoms with Gasteiger partial charge < -0.3 is 20.3 Å². The second kappa shape index (κ2) is 7.38. The van der Waals surface area contributed by atoms with E-state index in [9.17, 15) is 15.0 Å². The molecule has 0 saturated carbocycles. The molecule has 0 spiro atoms. The van der Waals surface area contributed by atoms with Crippen molar-refractivity contribution in [2.75, 3.05) is 0 Å². The highest BCUT2D eigenvalue weighted by atomic mass is 16.6. The Bertz CT molecular complexity index is 273. The topological polar surface area (TPSA) is 78.8 Å². The van der Waals surface area contributed by atoms with Gasteiger partial charge in [0.25, 0.3) is 0 Å². The maximum Gasteiger partial charge on any atom is 0.407 e. The Morgan fingerprint density at radius 3 is 2.44 bits per heavy atom. The summed E-state index contributed by atoms with van der Waals surface area (Å²) in [6, 6.07) is -0.487. The molecule has 0 fully saturated rings. The molecule has 0 unspecified atom stereocenters. The maximum atomic E-state index is 11.5. The summed E-state index contributed by atoms with van der Waals surface area (Å²) in [4.78, 5) is 11.5. The first-order valence-electron chi connectivity index (χ1n) is 6.12. The molecular formula is C13H25NO4. The summed E-state index contributed by atoms with van der Waals surface area (Å²) >= 11 is 0. The number of aliphatic hydroxyl groups is 2. The number of carbonyl (C=O) groups is 1.